The zero-order chi connectivity index (χ0) is 11.4. The van der Waals surface area contributed by atoms with Crippen LogP contribution in [0.25, 0.3) is 0 Å². The first kappa shape index (κ1) is 10.8. The second-order valence-corrected chi connectivity index (χ2v) is 3.58. The molecule has 1 nitrogen and oxygen atoms in total. The molecule has 0 spiro atoms. The smallest absolute Gasteiger partial charge is 0.198 e. The maximum atomic E-state index is 12.7. The average Bonchev–Trinajstić information content (AvgIpc) is 2.31. The molecule has 0 fully saturated rings. The van der Waals surface area contributed by atoms with E-state index in [1.54, 1.807) is 12.1 Å². The number of para-hydroxylation sites is 1. The van der Waals surface area contributed by atoms with Crippen LogP contribution in [-0.4, -0.2) is 5.05 Å². The Bertz CT molecular complexity index is 479. The van der Waals surface area contributed by atoms with Gasteiger partial charge in [0, 0.05) is 5.56 Å². The van der Waals surface area contributed by atoms with Gasteiger partial charge in [-0.25, -0.2) is 4.39 Å². The van der Waals surface area contributed by atoms with E-state index >= 15 is 0 Å². The number of thiocarbonyl (C=S) groups is 1. The Morgan fingerprint density at radius 3 is 2.19 bits per heavy atom. The normalized spacial score (nSPS) is 9.81. The Hall–Kier alpha value is -1.74. The minimum atomic E-state index is -0.286. The summed E-state index contributed by atoms with van der Waals surface area (Å²) in [6, 6.07) is 15.2. The van der Waals surface area contributed by atoms with Gasteiger partial charge in [-0.1, -0.05) is 18.2 Å². The largest absolute Gasteiger partial charge is 0.445 e. The van der Waals surface area contributed by atoms with E-state index in [9.17, 15) is 4.39 Å². The monoisotopic (exact) mass is 232 g/mol. The topological polar surface area (TPSA) is 9.23 Å². The van der Waals surface area contributed by atoms with Crippen molar-refractivity contribution in [3.63, 3.8) is 0 Å². The van der Waals surface area contributed by atoms with E-state index in [4.69, 9.17) is 17.0 Å². The van der Waals surface area contributed by atoms with E-state index in [1.807, 2.05) is 30.3 Å². The third-order valence-corrected chi connectivity index (χ3v) is 2.35. The van der Waals surface area contributed by atoms with Gasteiger partial charge in [0.1, 0.15) is 11.6 Å². The van der Waals surface area contributed by atoms with Crippen LogP contribution >= 0.6 is 12.2 Å². The predicted molar refractivity (Wildman–Crippen MR) is 65.2 cm³/mol. The van der Waals surface area contributed by atoms with Crippen LogP contribution in [0.4, 0.5) is 4.39 Å². The van der Waals surface area contributed by atoms with Gasteiger partial charge >= 0.3 is 0 Å². The van der Waals surface area contributed by atoms with Crippen molar-refractivity contribution in [2.45, 2.75) is 0 Å². The van der Waals surface area contributed by atoms with Crippen molar-refractivity contribution in [3.8, 4) is 5.75 Å². The molecule has 0 bridgehead atoms. The zero-order valence-corrected chi connectivity index (χ0v) is 9.21. The van der Waals surface area contributed by atoms with Crippen molar-refractivity contribution >= 4 is 17.3 Å². The summed E-state index contributed by atoms with van der Waals surface area (Å²) < 4.78 is 18.1. The van der Waals surface area contributed by atoms with E-state index < -0.39 is 0 Å². The molecule has 0 aliphatic heterocycles. The first-order chi connectivity index (χ1) is 7.75. The molecule has 0 saturated carbocycles. The van der Waals surface area contributed by atoms with Crippen LogP contribution in [0, 0.1) is 5.82 Å². The van der Waals surface area contributed by atoms with Crippen molar-refractivity contribution in [3.05, 3.63) is 66.0 Å². The third-order valence-electron chi connectivity index (χ3n) is 2.03. The highest BCUT2D eigenvalue weighted by Crippen LogP contribution is 2.12. The Kier molecular flexibility index (Phi) is 3.27. The van der Waals surface area contributed by atoms with Crippen molar-refractivity contribution < 1.29 is 9.13 Å². The van der Waals surface area contributed by atoms with Gasteiger partial charge in [-0.3, -0.25) is 0 Å². The van der Waals surface area contributed by atoms with Crippen molar-refractivity contribution in [1.82, 2.24) is 0 Å². The molecule has 0 amide bonds. The quantitative estimate of drug-likeness (QED) is 0.732. The van der Waals surface area contributed by atoms with Gasteiger partial charge in [0.25, 0.3) is 0 Å². The number of hydrogen-bond acceptors (Lipinski definition) is 2. The van der Waals surface area contributed by atoms with E-state index in [1.165, 1.54) is 12.1 Å². The summed E-state index contributed by atoms with van der Waals surface area (Å²) in [6.07, 6.45) is 0. The highest BCUT2D eigenvalue weighted by molar-refractivity contribution is 7.80. The summed E-state index contributed by atoms with van der Waals surface area (Å²) in [6.45, 7) is 0. The lowest BCUT2D eigenvalue weighted by atomic mass is 10.2. The van der Waals surface area contributed by atoms with E-state index in [-0.39, 0.29) is 5.82 Å². The Labute approximate surface area is 98.5 Å². The SMILES string of the molecule is Fc1ccc(C(=S)Oc2ccccc2)cc1. The first-order valence-corrected chi connectivity index (χ1v) is 5.19. The molecule has 0 heterocycles. The molecular formula is C13H9FOS. The van der Waals surface area contributed by atoms with Crippen LogP contribution in [0.2, 0.25) is 0 Å². The van der Waals surface area contributed by atoms with Gasteiger partial charge in [0.05, 0.1) is 0 Å². The highest BCUT2D eigenvalue weighted by atomic mass is 32.1. The molecule has 2 aromatic rings. The molecule has 0 N–H and O–H groups in total. The molecule has 0 radical (unpaired) electrons. The molecular weight excluding hydrogens is 223 g/mol. The number of benzene rings is 2. The molecule has 0 aromatic heterocycles. The van der Waals surface area contributed by atoms with Gasteiger partial charge < -0.3 is 4.74 Å². The van der Waals surface area contributed by atoms with Gasteiger partial charge in [-0.05, 0) is 48.6 Å². The summed E-state index contributed by atoms with van der Waals surface area (Å²) >= 11 is 5.10. The molecule has 0 aliphatic carbocycles. The van der Waals surface area contributed by atoms with Crippen molar-refractivity contribution in [2.75, 3.05) is 0 Å². The van der Waals surface area contributed by atoms with Crippen LogP contribution in [0.5, 0.6) is 5.75 Å². The van der Waals surface area contributed by atoms with Crippen molar-refractivity contribution in [2.24, 2.45) is 0 Å². The maximum absolute atomic E-state index is 12.7. The van der Waals surface area contributed by atoms with E-state index in [2.05, 4.69) is 0 Å². The van der Waals surface area contributed by atoms with Crippen LogP contribution in [0.1, 0.15) is 5.56 Å². The fraction of sp³-hybridized carbons (Fsp3) is 0. The summed E-state index contributed by atoms with van der Waals surface area (Å²) in [7, 11) is 0. The summed E-state index contributed by atoms with van der Waals surface area (Å²) in [5.41, 5.74) is 0.695. The Morgan fingerprint density at radius 1 is 0.938 bits per heavy atom. The van der Waals surface area contributed by atoms with Crippen LogP contribution in [0.3, 0.4) is 0 Å². The highest BCUT2D eigenvalue weighted by Gasteiger charge is 2.03. The molecule has 0 unspecified atom stereocenters. The average molecular weight is 232 g/mol. The second-order valence-electron chi connectivity index (χ2n) is 3.21. The molecule has 0 saturated heterocycles. The molecule has 80 valence electrons. The minimum absolute atomic E-state index is 0.286. The van der Waals surface area contributed by atoms with Gasteiger partial charge in [-0.2, -0.15) is 0 Å². The van der Waals surface area contributed by atoms with E-state index in [0.717, 1.165) is 0 Å². The summed E-state index contributed by atoms with van der Waals surface area (Å²) in [4.78, 5) is 0. The molecule has 16 heavy (non-hydrogen) atoms. The molecule has 0 aliphatic rings. The number of hydrogen-bond donors (Lipinski definition) is 0. The van der Waals surface area contributed by atoms with Crippen molar-refractivity contribution in [1.29, 1.82) is 0 Å². The van der Waals surface area contributed by atoms with Gasteiger partial charge in [-0.15, -0.1) is 0 Å². The Morgan fingerprint density at radius 2 is 1.56 bits per heavy atom. The summed E-state index contributed by atoms with van der Waals surface area (Å²) in [5, 5.41) is 0.339. The lowest BCUT2D eigenvalue weighted by Gasteiger charge is -2.06. The fourth-order valence-electron chi connectivity index (χ4n) is 1.24. The van der Waals surface area contributed by atoms with Crippen LogP contribution < -0.4 is 4.74 Å². The Balaban J connectivity index is 2.12. The summed E-state index contributed by atoms with van der Waals surface area (Å²) in [5.74, 6) is 0.392. The molecule has 0 atom stereocenters. The van der Waals surface area contributed by atoms with Crippen LogP contribution in [0.15, 0.2) is 54.6 Å². The molecule has 3 heteroatoms. The fourth-order valence-corrected chi connectivity index (χ4v) is 1.47. The minimum Gasteiger partial charge on any atom is -0.445 e. The number of halogens is 1. The third kappa shape index (κ3) is 2.64. The number of rotatable bonds is 2. The maximum Gasteiger partial charge on any atom is 0.198 e. The molecule has 2 aromatic carbocycles. The zero-order valence-electron chi connectivity index (χ0n) is 8.39. The predicted octanol–water partition coefficient (Wildman–Crippen LogP) is 3.58. The lowest BCUT2D eigenvalue weighted by molar-refractivity contribution is 0.566. The lowest BCUT2D eigenvalue weighted by Crippen LogP contribution is -2.06. The van der Waals surface area contributed by atoms with Gasteiger partial charge in [0.15, 0.2) is 5.05 Å². The first-order valence-electron chi connectivity index (χ1n) is 4.78. The number of ether oxygens (including phenoxy) is 1. The second kappa shape index (κ2) is 4.86. The van der Waals surface area contributed by atoms with Gasteiger partial charge in [0.2, 0.25) is 0 Å². The van der Waals surface area contributed by atoms with Crippen LogP contribution in [-0.2, 0) is 0 Å². The standard InChI is InChI=1S/C13H9FOS/c14-11-8-6-10(7-9-11)13(16)15-12-4-2-1-3-5-12/h1-9H. The van der Waals surface area contributed by atoms with E-state index in [0.29, 0.717) is 16.4 Å². The molecule has 2 rings (SSSR count).